The van der Waals surface area contributed by atoms with E-state index in [-0.39, 0.29) is 4.90 Å². The molecule has 0 saturated carbocycles. The van der Waals surface area contributed by atoms with Crippen molar-refractivity contribution in [2.45, 2.75) is 16.6 Å². The Morgan fingerprint density at radius 1 is 1.12 bits per heavy atom. The van der Waals surface area contributed by atoms with Gasteiger partial charge in [-0.15, -0.1) is 0 Å². The van der Waals surface area contributed by atoms with Gasteiger partial charge in [-0.2, -0.15) is 16.1 Å². The molecule has 6 nitrogen and oxygen atoms in total. The zero-order valence-electron chi connectivity index (χ0n) is 13.9. The number of rotatable bonds is 3. The predicted molar refractivity (Wildman–Crippen MR) is 102 cm³/mol. The van der Waals surface area contributed by atoms with E-state index in [1.54, 1.807) is 11.8 Å². The predicted octanol–water partition coefficient (Wildman–Crippen LogP) is 2.99. The van der Waals surface area contributed by atoms with Crippen LogP contribution in [-0.4, -0.2) is 36.5 Å². The Hall–Kier alpha value is -2.03. The number of aromatic nitrogens is 1. The number of aromatic amines is 1. The minimum atomic E-state index is -3.62. The van der Waals surface area contributed by atoms with Crippen LogP contribution in [0.1, 0.15) is 17.2 Å². The summed E-state index contributed by atoms with van der Waals surface area (Å²) in [6, 6.07) is 14.6. The number of benzene rings is 2. The molecule has 1 aliphatic heterocycles. The quantitative estimate of drug-likeness (QED) is 0.743. The van der Waals surface area contributed by atoms with Gasteiger partial charge in [-0.3, -0.25) is 4.98 Å². The summed E-state index contributed by atoms with van der Waals surface area (Å²) < 4.78 is 32.5. The molecule has 0 spiro atoms. The monoisotopic (exact) mass is 390 g/mol. The van der Waals surface area contributed by atoms with Crippen molar-refractivity contribution >= 4 is 32.9 Å². The number of hydrogen-bond acceptors (Lipinski definition) is 5. The first kappa shape index (κ1) is 17.4. The number of thioether (sulfide) groups is 1. The van der Waals surface area contributed by atoms with E-state index in [0.29, 0.717) is 29.4 Å². The molecular formula is C18H18N2O4S2. The van der Waals surface area contributed by atoms with Crippen LogP contribution in [-0.2, 0) is 10.0 Å². The average molecular weight is 390 g/mol. The molecule has 1 N–H and O–H groups in total. The standard InChI is InChI=1S/C18H18N2O4S2/c21-18-19-15-12-14(6-7-16(15)24-18)26(22,23)20-9-8-17(25-11-10-20)13-4-2-1-3-5-13/h1-7,12,17H,8-11H2,(H,19,21)/t17-/m1/s1. The average Bonchev–Trinajstić information content (AvgIpc) is 2.85. The highest BCUT2D eigenvalue weighted by Crippen LogP contribution is 2.35. The lowest BCUT2D eigenvalue weighted by Gasteiger charge is -2.20. The molecule has 0 radical (unpaired) electrons. The molecule has 3 aromatic rings. The Morgan fingerprint density at radius 2 is 1.92 bits per heavy atom. The second-order valence-corrected chi connectivity index (χ2v) is 9.38. The van der Waals surface area contributed by atoms with Gasteiger partial charge < -0.3 is 4.42 Å². The summed E-state index contributed by atoms with van der Waals surface area (Å²) in [6.07, 6.45) is 0.763. The van der Waals surface area contributed by atoms with E-state index in [0.717, 1.165) is 12.2 Å². The first-order valence-electron chi connectivity index (χ1n) is 8.33. The van der Waals surface area contributed by atoms with Gasteiger partial charge in [-0.25, -0.2) is 13.2 Å². The molecule has 26 heavy (non-hydrogen) atoms. The zero-order valence-corrected chi connectivity index (χ0v) is 15.6. The van der Waals surface area contributed by atoms with Crippen molar-refractivity contribution in [3.05, 3.63) is 64.6 Å². The first-order chi connectivity index (χ1) is 12.5. The van der Waals surface area contributed by atoms with E-state index >= 15 is 0 Å². The third-order valence-electron chi connectivity index (χ3n) is 4.50. The lowest BCUT2D eigenvalue weighted by molar-refractivity contribution is 0.428. The fraction of sp³-hybridized carbons (Fsp3) is 0.278. The van der Waals surface area contributed by atoms with E-state index in [9.17, 15) is 13.2 Å². The number of hydrogen-bond donors (Lipinski definition) is 1. The van der Waals surface area contributed by atoms with Crippen LogP contribution in [0.5, 0.6) is 0 Å². The molecule has 1 aromatic heterocycles. The highest BCUT2D eigenvalue weighted by atomic mass is 32.2. The fourth-order valence-corrected chi connectivity index (χ4v) is 5.99. The van der Waals surface area contributed by atoms with Gasteiger partial charge in [0.05, 0.1) is 10.4 Å². The molecule has 0 unspecified atom stereocenters. The number of H-pyrrole nitrogens is 1. The zero-order chi connectivity index (χ0) is 18.1. The van der Waals surface area contributed by atoms with Crippen molar-refractivity contribution in [1.29, 1.82) is 0 Å². The van der Waals surface area contributed by atoms with Crippen molar-refractivity contribution in [3.63, 3.8) is 0 Å². The van der Waals surface area contributed by atoms with E-state index in [2.05, 4.69) is 17.1 Å². The van der Waals surface area contributed by atoms with Crippen LogP contribution in [0.3, 0.4) is 0 Å². The molecule has 8 heteroatoms. The number of nitrogens with zero attached hydrogens (tertiary/aromatic N) is 1. The summed E-state index contributed by atoms with van der Waals surface area (Å²) in [4.78, 5) is 14.0. The Balaban J connectivity index is 1.58. The summed E-state index contributed by atoms with van der Waals surface area (Å²) in [5.41, 5.74) is 1.97. The second-order valence-electron chi connectivity index (χ2n) is 6.14. The third-order valence-corrected chi connectivity index (χ3v) is 7.72. The Bertz CT molecular complexity index is 1070. The van der Waals surface area contributed by atoms with E-state index in [1.165, 1.54) is 28.1 Å². The number of sulfonamides is 1. The van der Waals surface area contributed by atoms with E-state index < -0.39 is 15.8 Å². The summed E-state index contributed by atoms with van der Waals surface area (Å²) in [7, 11) is -3.62. The molecule has 0 bridgehead atoms. The molecule has 4 rings (SSSR count). The van der Waals surface area contributed by atoms with Crippen molar-refractivity contribution in [2.24, 2.45) is 0 Å². The summed E-state index contributed by atoms with van der Waals surface area (Å²) >= 11 is 1.79. The second kappa shape index (κ2) is 6.94. The summed E-state index contributed by atoms with van der Waals surface area (Å²) in [5, 5.41) is 0.295. The lowest BCUT2D eigenvalue weighted by Crippen LogP contribution is -2.33. The van der Waals surface area contributed by atoms with Crippen LogP contribution in [0.25, 0.3) is 11.1 Å². The number of fused-ring (bicyclic) bond motifs is 1. The fourth-order valence-electron chi connectivity index (χ4n) is 3.16. The third kappa shape index (κ3) is 3.32. The van der Waals surface area contributed by atoms with Crippen LogP contribution < -0.4 is 5.76 Å². The van der Waals surface area contributed by atoms with Crippen molar-refractivity contribution in [1.82, 2.24) is 9.29 Å². The summed E-state index contributed by atoms with van der Waals surface area (Å²) in [6.45, 7) is 0.936. The minimum absolute atomic E-state index is 0.171. The molecule has 0 aliphatic carbocycles. The topological polar surface area (TPSA) is 83.4 Å². The maximum Gasteiger partial charge on any atom is 0.417 e. The molecule has 2 aromatic carbocycles. The molecule has 1 fully saturated rings. The van der Waals surface area contributed by atoms with Gasteiger partial charge in [0.15, 0.2) is 5.58 Å². The SMILES string of the molecule is O=c1[nH]c2cc(S(=O)(=O)N3CCS[C@@H](c4ccccc4)CC3)ccc2o1. The Morgan fingerprint density at radius 3 is 2.73 bits per heavy atom. The molecule has 1 saturated heterocycles. The normalized spacial score (nSPS) is 19.5. The lowest BCUT2D eigenvalue weighted by atomic mass is 10.1. The first-order valence-corrected chi connectivity index (χ1v) is 10.8. The van der Waals surface area contributed by atoms with Crippen LogP contribution in [0, 0.1) is 0 Å². The highest BCUT2D eigenvalue weighted by Gasteiger charge is 2.28. The molecule has 1 atom stereocenters. The highest BCUT2D eigenvalue weighted by molar-refractivity contribution is 7.99. The van der Waals surface area contributed by atoms with E-state index in [1.807, 2.05) is 18.2 Å². The van der Waals surface area contributed by atoms with Gasteiger partial charge in [-0.1, -0.05) is 30.3 Å². The van der Waals surface area contributed by atoms with Gasteiger partial charge in [0, 0.05) is 24.1 Å². The van der Waals surface area contributed by atoms with Crippen LogP contribution in [0.4, 0.5) is 0 Å². The van der Waals surface area contributed by atoms with E-state index in [4.69, 9.17) is 4.42 Å². The van der Waals surface area contributed by atoms with Crippen LogP contribution >= 0.6 is 11.8 Å². The van der Waals surface area contributed by atoms with Crippen molar-refractivity contribution in [2.75, 3.05) is 18.8 Å². The Kier molecular flexibility index (Phi) is 4.64. The maximum absolute atomic E-state index is 13.0. The Labute approximate surface area is 155 Å². The van der Waals surface area contributed by atoms with Gasteiger partial charge in [0.1, 0.15) is 0 Å². The number of nitrogens with one attached hydrogen (secondary N) is 1. The molecule has 2 heterocycles. The minimum Gasteiger partial charge on any atom is -0.408 e. The molecular weight excluding hydrogens is 372 g/mol. The van der Waals surface area contributed by atoms with Gasteiger partial charge in [-0.05, 0) is 30.2 Å². The van der Waals surface area contributed by atoms with Gasteiger partial charge in [0.2, 0.25) is 10.0 Å². The summed E-state index contributed by atoms with van der Waals surface area (Å²) in [5.74, 6) is 0.148. The number of oxazole rings is 1. The largest absolute Gasteiger partial charge is 0.417 e. The molecule has 1 aliphatic rings. The van der Waals surface area contributed by atoms with Crippen molar-refractivity contribution in [3.8, 4) is 0 Å². The van der Waals surface area contributed by atoms with Gasteiger partial charge in [0.25, 0.3) is 0 Å². The van der Waals surface area contributed by atoms with Crippen LogP contribution in [0.2, 0.25) is 0 Å². The molecule has 0 amide bonds. The molecule has 136 valence electrons. The van der Waals surface area contributed by atoms with Crippen LogP contribution in [0.15, 0.2) is 62.6 Å². The van der Waals surface area contributed by atoms with Gasteiger partial charge >= 0.3 is 5.76 Å². The smallest absolute Gasteiger partial charge is 0.408 e. The van der Waals surface area contributed by atoms with Crippen molar-refractivity contribution < 1.29 is 12.8 Å². The maximum atomic E-state index is 13.0.